The van der Waals surface area contributed by atoms with E-state index in [0.29, 0.717) is 10.2 Å². The van der Waals surface area contributed by atoms with Gasteiger partial charge in [0.05, 0.1) is 29.0 Å². The molecule has 1 amide bonds. The molecule has 0 aliphatic rings. The first-order valence-electron chi connectivity index (χ1n) is 6.99. The lowest BCUT2D eigenvalue weighted by Gasteiger charge is -2.11. The molecule has 1 heterocycles. The molecule has 0 bridgehead atoms. The van der Waals surface area contributed by atoms with Gasteiger partial charge in [-0.2, -0.15) is 13.5 Å². The lowest BCUT2D eigenvalue weighted by atomic mass is 10.2. The van der Waals surface area contributed by atoms with Gasteiger partial charge in [0.2, 0.25) is 0 Å². The summed E-state index contributed by atoms with van der Waals surface area (Å²) in [5, 5.41) is 17.0. The van der Waals surface area contributed by atoms with Crippen LogP contribution in [0, 0.1) is 17.0 Å². The second-order valence-corrected chi connectivity index (χ2v) is 5.81. The zero-order valence-electron chi connectivity index (χ0n) is 12.9. The van der Waals surface area contributed by atoms with E-state index in [9.17, 15) is 23.7 Å². The predicted octanol–water partition coefficient (Wildman–Crippen LogP) is 2.89. The van der Waals surface area contributed by atoms with E-state index in [2.05, 4.69) is 31.1 Å². The minimum atomic E-state index is -3.06. The number of alkyl halides is 2. The van der Waals surface area contributed by atoms with Crippen LogP contribution in [-0.4, -0.2) is 33.8 Å². The maximum atomic E-state index is 12.4. The second-order valence-electron chi connectivity index (χ2n) is 4.90. The minimum Gasteiger partial charge on any atom is -0.434 e. The highest BCUT2D eigenvalue weighted by Crippen LogP contribution is 2.24. The smallest absolute Gasteiger partial charge is 0.390 e. The molecule has 134 valence electrons. The largest absolute Gasteiger partial charge is 0.434 e. The molecular formula is C14H13BrF2N4O4. The summed E-state index contributed by atoms with van der Waals surface area (Å²) in [5.74, 6) is -1.15. The van der Waals surface area contributed by atoms with Crippen molar-refractivity contribution in [2.75, 3.05) is 6.54 Å². The Hall–Kier alpha value is -2.56. The lowest BCUT2D eigenvalue weighted by Crippen LogP contribution is -2.28. The Balaban J connectivity index is 2.03. The fraction of sp³-hybridized carbons (Fsp3) is 0.286. The Labute approximate surface area is 149 Å². The Morgan fingerprint density at radius 3 is 2.80 bits per heavy atom. The van der Waals surface area contributed by atoms with Crippen LogP contribution in [0.1, 0.15) is 16.1 Å². The third-order valence-electron chi connectivity index (χ3n) is 3.17. The van der Waals surface area contributed by atoms with Crippen LogP contribution >= 0.6 is 15.9 Å². The summed E-state index contributed by atoms with van der Waals surface area (Å²) >= 11 is 3.16. The van der Waals surface area contributed by atoms with Gasteiger partial charge in [0.1, 0.15) is 5.75 Å². The number of hydrogen-bond acceptors (Lipinski definition) is 5. The van der Waals surface area contributed by atoms with Crippen LogP contribution in [0.5, 0.6) is 5.75 Å². The van der Waals surface area contributed by atoms with E-state index in [1.165, 1.54) is 28.9 Å². The summed E-state index contributed by atoms with van der Waals surface area (Å²) in [6, 6.07) is 5.40. The zero-order valence-corrected chi connectivity index (χ0v) is 14.5. The topological polar surface area (TPSA) is 99.3 Å². The van der Waals surface area contributed by atoms with Crippen LogP contribution in [0.3, 0.4) is 0 Å². The number of nitrogens with one attached hydrogen (secondary N) is 1. The number of carbonyl (C=O) groups excluding carboxylic acids is 1. The van der Waals surface area contributed by atoms with Gasteiger partial charge >= 0.3 is 12.4 Å². The number of halogens is 3. The van der Waals surface area contributed by atoms with Gasteiger partial charge in [0.25, 0.3) is 5.91 Å². The molecule has 0 saturated carbocycles. The summed E-state index contributed by atoms with van der Waals surface area (Å²) in [7, 11) is 0. The van der Waals surface area contributed by atoms with E-state index in [1.54, 1.807) is 6.92 Å². The first-order valence-corrected chi connectivity index (χ1v) is 7.78. The van der Waals surface area contributed by atoms with Crippen molar-refractivity contribution in [1.82, 2.24) is 15.1 Å². The van der Waals surface area contributed by atoms with Crippen LogP contribution in [0.25, 0.3) is 0 Å². The van der Waals surface area contributed by atoms with E-state index in [0.717, 1.165) is 0 Å². The molecule has 2 aromatic rings. The summed E-state index contributed by atoms with van der Waals surface area (Å²) in [6.45, 7) is -1.13. The fourth-order valence-electron chi connectivity index (χ4n) is 2.06. The molecule has 2 rings (SSSR count). The van der Waals surface area contributed by atoms with Crippen molar-refractivity contribution < 1.29 is 23.2 Å². The molecule has 8 nitrogen and oxygen atoms in total. The van der Waals surface area contributed by atoms with Crippen molar-refractivity contribution >= 4 is 27.7 Å². The van der Waals surface area contributed by atoms with Crippen molar-refractivity contribution in [2.24, 2.45) is 0 Å². The number of hydrogen-bond donors (Lipinski definition) is 1. The van der Waals surface area contributed by atoms with Gasteiger partial charge in [-0.25, -0.2) is 0 Å². The van der Waals surface area contributed by atoms with Gasteiger partial charge in [0, 0.05) is 11.0 Å². The van der Waals surface area contributed by atoms with Crippen molar-refractivity contribution in [3.63, 3.8) is 0 Å². The van der Waals surface area contributed by atoms with Gasteiger partial charge in [-0.1, -0.05) is 15.9 Å². The summed E-state index contributed by atoms with van der Waals surface area (Å²) in [6.07, 6.45) is 0. The van der Waals surface area contributed by atoms with Gasteiger partial charge in [-0.3, -0.25) is 4.79 Å². The van der Waals surface area contributed by atoms with Crippen LogP contribution < -0.4 is 10.1 Å². The van der Waals surface area contributed by atoms with Crippen molar-refractivity contribution in [3.05, 3.63) is 50.1 Å². The molecule has 25 heavy (non-hydrogen) atoms. The minimum absolute atomic E-state index is 0.0576. The van der Waals surface area contributed by atoms with E-state index in [1.807, 2.05) is 0 Å². The van der Waals surface area contributed by atoms with E-state index in [-0.39, 0.29) is 30.2 Å². The van der Waals surface area contributed by atoms with E-state index >= 15 is 0 Å². The van der Waals surface area contributed by atoms with Crippen LogP contribution in [-0.2, 0) is 6.54 Å². The standard InChI is InChI=1S/C14H13BrF2N4O4/c1-8-6-12(21(23)24)19-20(8)5-4-18-13(22)10-7-9(15)2-3-11(10)25-14(16)17/h2-3,6-7,14H,4-5H2,1H3,(H,18,22). The lowest BCUT2D eigenvalue weighted by molar-refractivity contribution is -0.389. The third-order valence-corrected chi connectivity index (χ3v) is 3.66. The number of amides is 1. The third kappa shape index (κ3) is 4.95. The average molecular weight is 419 g/mol. The van der Waals surface area contributed by atoms with Gasteiger partial charge in [-0.15, -0.1) is 0 Å². The van der Waals surface area contributed by atoms with E-state index in [4.69, 9.17) is 0 Å². The fourth-order valence-corrected chi connectivity index (χ4v) is 2.42. The first kappa shape index (κ1) is 18.8. The van der Waals surface area contributed by atoms with Crippen molar-refractivity contribution in [3.8, 4) is 5.75 Å². The number of ether oxygens (including phenoxy) is 1. The zero-order chi connectivity index (χ0) is 18.6. The van der Waals surface area contributed by atoms with Crippen molar-refractivity contribution in [2.45, 2.75) is 20.1 Å². The normalized spacial score (nSPS) is 10.8. The molecule has 1 aromatic heterocycles. The van der Waals surface area contributed by atoms with Gasteiger partial charge < -0.3 is 20.2 Å². The number of aromatic nitrogens is 2. The molecule has 11 heteroatoms. The molecule has 0 aliphatic carbocycles. The molecule has 0 radical (unpaired) electrons. The number of rotatable bonds is 7. The summed E-state index contributed by atoms with van der Waals surface area (Å²) < 4.78 is 31.1. The molecule has 1 N–H and O–H groups in total. The SMILES string of the molecule is Cc1cc([N+](=O)[O-])nn1CCNC(=O)c1cc(Br)ccc1OC(F)F. The van der Waals surface area contributed by atoms with Crippen LogP contribution in [0.15, 0.2) is 28.7 Å². The Bertz CT molecular complexity index is 797. The summed E-state index contributed by atoms with van der Waals surface area (Å²) in [5.41, 5.74) is 0.503. The molecular weight excluding hydrogens is 406 g/mol. The number of nitro groups is 1. The number of carbonyl (C=O) groups is 1. The Morgan fingerprint density at radius 1 is 1.48 bits per heavy atom. The Kier molecular flexibility index (Phi) is 6.02. The van der Waals surface area contributed by atoms with Crippen LogP contribution in [0.2, 0.25) is 0 Å². The van der Waals surface area contributed by atoms with Gasteiger partial charge in [0.15, 0.2) is 0 Å². The molecule has 0 unspecified atom stereocenters. The summed E-state index contributed by atoms with van der Waals surface area (Å²) in [4.78, 5) is 22.3. The molecule has 1 aromatic carbocycles. The average Bonchev–Trinajstić information content (AvgIpc) is 2.90. The maximum absolute atomic E-state index is 12.4. The number of aryl methyl sites for hydroxylation is 1. The molecule has 0 fully saturated rings. The molecule has 0 atom stereocenters. The quantitative estimate of drug-likeness (QED) is 0.550. The number of benzene rings is 1. The van der Waals surface area contributed by atoms with Crippen LogP contribution in [0.4, 0.5) is 14.6 Å². The Morgan fingerprint density at radius 2 is 2.20 bits per heavy atom. The first-order chi connectivity index (χ1) is 11.8. The maximum Gasteiger partial charge on any atom is 0.390 e. The monoisotopic (exact) mass is 418 g/mol. The predicted molar refractivity (Wildman–Crippen MR) is 86.7 cm³/mol. The number of nitrogens with zero attached hydrogens (tertiary/aromatic N) is 3. The second kappa shape index (κ2) is 8.01. The molecule has 0 saturated heterocycles. The highest BCUT2D eigenvalue weighted by molar-refractivity contribution is 9.10. The molecule has 0 spiro atoms. The molecule has 0 aliphatic heterocycles. The van der Waals surface area contributed by atoms with Gasteiger partial charge in [-0.05, 0) is 30.0 Å². The highest BCUT2D eigenvalue weighted by Gasteiger charge is 2.18. The highest BCUT2D eigenvalue weighted by atomic mass is 79.9. The van der Waals surface area contributed by atoms with E-state index < -0.39 is 17.4 Å². The van der Waals surface area contributed by atoms with Crippen molar-refractivity contribution in [1.29, 1.82) is 0 Å².